The number of hydrogen-bond donors (Lipinski definition) is 1. The minimum absolute atomic E-state index is 0.0520. The molecule has 0 heterocycles. The highest BCUT2D eigenvalue weighted by atomic mass is 35.5. The summed E-state index contributed by atoms with van der Waals surface area (Å²) < 4.78 is 28.9. The Hall–Kier alpha value is -3.36. The molecular formula is C30H36ClN3O4S. The van der Waals surface area contributed by atoms with Crippen LogP contribution in [0.5, 0.6) is 0 Å². The van der Waals surface area contributed by atoms with Crippen molar-refractivity contribution in [2.45, 2.75) is 57.5 Å². The van der Waals surface area contributed by atoms with E-state index in [4.69, 9.17) is 11.6 Å². The number of halogens is 1. The van der Waals surface area contributed by atoms with Gasteiger partial charge in [-0.1, -0.05) is 86.5 Å². The van der Waals surface area contributed by atoms with Gasteiger partial charge in [0.15, 0.2) is 0 Å². The molecular weight excluding hydrogens is 534 g/mol. The largest absolute Gasteiger partial charge is 0.354 e. The first-order chi connectivity index (χ1) is 18.7. The van der Waals surface area contributed by atoms with Crippen LogP contribution in [-0.2, 0) is 26.2 Å². The molecule has 1 N–H and O–H groups in total. The van der Waals surface area contributed by atoms with E-state index in [0.717, 1.165) is 22.7 Å². The van der Waals surface area contributed by atoms with Crippen LogP contribution in [0, 0.1) is 6.92 Å². The van der Waals surface area contributed by atoms with Gasteiger partial charge in [-0.05, 0) is 55.2 Å². The maximum atomic E-state index is 14.0. The molecule has 39 heavy (non-hydrogen) atoms. The van der Waals surface area contributed by atoms with E-state index >= 15 is 0 Å². The molecule has 0 aliphatic rings. The average Bonchev–Trinajstić information content (AvgIpc) is 2.94. The van der Waals surface area contributed by atoms with Crippen molar-refractivity contribution in [1.82, 2.24) is 10.2 Å². The molecule has 0 radical (unpaired) electrons. The number of rotatable bonds is 13. The Labute approximate surface area is 236 Å². The topological polar surface area (TPSA) is 86.8 Å². The van der Waals surface area contributed by atoms with Gasteiger partial charge in [0.2, 0.25) is 11.8 Å². The molecule has 0 spiro atoms. The summed E-state index contributed by atoms with van der Waals surface area (Å²) in [6.07, 6.45) is 2.12. The Bertz CT molecular complexity index is 1350. The minimum atomic E-state index is -4.14. The van der Waals surface area contributed by atoms with Gasteiger partial charge in [-0.2, -0.15) is 0 Å². The van der Waals surface area contributed by atoms with Crippen molar-refractivity contribution in [3.05, 3.63) is 95.0 Å². The van der Waals surface area contributed by atoms with Crippen LogP contribution in [0.3, 0.4) is 0 Å². The predicted molar refractivity (Wildman–Crippen MR) is 156 cm³/mol. The summed E-state index contributed by atoms with van der Waals surface area (Å²) in [5.74, 6) is -0.748. The third-order valence-corrected chi connectivity index (χ3v) is 8.47. The third-order valence-electron chi connectivity index (χ3n) is 6.46. The smallest absolute Gasteiger partial charge is 0.264 e. The molecule has 9 heteroatoms. The van der Waals surface area contributed by atoms with E-state index < -0.39 is 28.5 Å². The summed E-state index contributed by atoms with van der Waals surface area (Å²) in [6, 6.07) is 21.5. The van der Waals surface area contributed by atoms with Gasteiger partial charge in [-0.15, -0.1) is 0 Å². The normalized spacial score (nSPS) is 12.0. The monoisotopic (exact) mass is 569 g/mol. The lowest BCUT2D eigenvalue weighted by Crippen LogP contribution is -2.52. The van der Waals surface area contributed by atoms with Crippen LogP contribution in [0.25, 0.3) is 0 Å². The number of hydrogen-bond acceptors (Lipinski definition) is 4. The Kier molecular flexibility index (Phi) is 10.9. The first-order valence-electron chi connectivity index (χ1n) is 13.1. The second kappa shape index (κ2) is 14.1. The van der Waals surface area contributed by atoms with Crippen LogP contribution in [-0.4, -0.2) is 44.3 Å². The number of benzene rings is 3. The van der Waals surface area contributed by atoms with E-state index in [1.54, 1.807) is 43.3 Å². The van der Waals surface area contributed by atoms with E-state index in [1.165, 1.54) is 17.0 Å². The third kappa shape index (κ3) is 7.83. The number of aryl methyl sites for hydroxylation is 1. The van der Waals surface area contributed by atoms with E-state index in [1.807, 2.05) is 44.2 Å². The minimum Gasteiger partial charge on any atom is -0.354 e. The van der Waals surface area contributed by atoms with E-state index in [9.17, 15) is 18.0 Å². The fourth-order valence-corrected chi connectivity index (χ4v) is 5.95. The van der Waals surface area contributed by atoms with Crippen LogP contribution in [0.4, 0.5) is 5.69 Å². The van der Waals surface area contributed by atoms with Crippen molar-refractivity contribution in [3.8, 4) is 0 Å². The fraction of sp³-hybridized carbons (Fsp3) is 0.333. The quantitative estimate of drug-likeness (QED) is 0.273. The zero-order valence-corrected chi connectivity index (χ0v) is 24.2. The molecule has 208 valence electrons. The van der Waals surface area contributed by atoms with Gasteiger partial charge in [-0.25, -0.2) is 8.42 Å². The SMILES string of the molecule is CCCCNC(=O)[C@H](CC)N(Cc1ccccc1)C(=O)CN(c1cc(Cl)ccc1C)S(=O)(=O)c1ccccc1. The number of nitrogens with one attached hydrogen (secondary N) is 1. The number of anilines is 1. The van der Waals surface area contributed by atoms with Crippen molar-refractivity contribution in [3.63, 3.8) is 0 Å². The van der Waals surface area contributed by atoms with Gasteiger partial charge < -0.3 is 10.2 Å². The van der Waals surface area contributed by atoms with Crippen molar-refractivity contribution in [1.29, 1.82) is 0 Å². The maximum absolute atomic E-state index is 14.0. The number of carbonyl (C=O) groups excluding carboxylic acids is 2. The number of sulfonamides is 1. The summed E-state index contributed by atoms with van der Waals surface area (Å²) in [6.45, 7) is 5.82. The highest BCUT2D eigenvalue weighted by Crippen LogP contribution is 2.30. The van der Waals surface area contributed by atoms with Crippen LogP contribution < -0.4 is 9.62 Å². The fourth-order valence-electron chi connectivity index (χ4n) is 4.29. The summed E-state index contributed by atoms with van der Waals surface area (Å²) in [5.41, 5.74) is 1.78. The molecule has 2 amide bonds. The average molecular weight is 570 g/mol. The molecule has 0 fully saturated rings. The maximum Gasteiger partial charge on any atom is 0.264 e. The van der Waals surface area contributed by atoms with Gasteiger partial charge >= 0.3 is 0 Å². The van der Waals surface area contributed by atoms with Crippen LogP contribution in [0.2, 0.25) is 5.02 Å². The lowest BCUT2D eigenvalue weighted by atomic mass is 10.1. The highest BCUT2D eigenvalue weighted by molar-refractivity contribution is 7.92. The molecule has 0 aromatic heterocycles. The molecule has 0 aliphatic carbocycles. The Morgan fingerprint density at radius 1 is 0.949 bits per heavy atom. The molecule has 0 saturated heterocycles. The van der Waals surface area contributed by atoms with Gasteiger partial charge in [0, 0.05) is 18.1 Å². The van der Waals surface area contributed by atoms with E-state index in [2.05, 4.69) is 5.32 Å². The standard InChI is InChI=1S/C30H36ClN3O4S/c1-4-6-19-32-30(36)27(5-2)33(21-24-13-9-7-10-14-24)29(35)22-34(28-20-25(31)18-17-23(28)3)39(37,38)26-15-11-8-12-16-26/h7-18,20,27H,4-6,19,21-22H2,1-3H3,(H,32,36)/t27-/m0/s1. The van der Waals surface area contributed by atoms with Gasteiger partial charge in [0.25, 0.3) is 10.0 Å². The molecule has 3 rings (SSSR count). The lowest BCUT2D eigenvalue weighted by Gasteiger charge is -2.33. The molecule has 0 saturated carbocycles. The zero-order chi connectivity index (χ0) is 28.4. The number of carbonyl (C=O) groups is 2. The second-order valence-corrected chi connectivity index (χ2v) is 11.6. The summed E-state index contributed by atoms with van der Waals surface area (Å²) in [5, 5.41) is 3.28. The first-order valence-corrected chi connectivity index (χ1v) is 15.0. The second-order valence-electron chi connectivity index (χ2n) is 9.33. The van der Waals surface area contributed by atoms with Gasteiger partial charge in [0.05, 0.1) is 10.6 Å². The van der Waals surface area contributed by atoms with Crippen molar-refractivity contribution >= 4 is 39.1 Å². The predicted octanol–water partition coefficient (Wildman–Crippen LogP) is 5.57. The van der Waals surface area contributed by atoms with E-state index in [-0.39, 0.29) is 17.3 Å². The molecule has 0 unspecified atom stereocenters. The van der Waals surface area contributed by atoms with Gasteiger partial charge in [-0.3, -0.25) is 13.9 Å². The van der Waals surface area contributed by atoms with Crippen LogP contribution in [0.15, 0.2) is 83.8 Å². The number of amides is 2. The van der Waals surface area contributed by atoms with Gasteiger partial charge in [0.1, 0.15) is 12.6 Å². The number of nitrogens with zero attached hydrogens (tertiary/aromatic N) is 2. The highest BCUT2D eigenvalue weighted by Gasteiger charge is 2.34. The van der Waals surface area contributed by atoms with E-state index in [0.29, 0.717) is 29.2 Å². The van der Waals surface area contributed by atoms with Crippen molar-refractivity contribution in [2.75, 3.05) is 17.4 Å². The summed E-state index contributed by atoms with van der Waals surface area (Å²) >= 11 is 6.27. The summed E-state index contributed by atoms with van der Waals surface area (Å²) in [4.78, 5) is 28.8. The summed E-state index contributed by atoms with van der Waals surface area (Å²) in [7, 11) is -4.14. The van der Waals surface area contributed by atoms with Crippen LogP contribution >= 0.6 is 11.6 Å². The Balaban J connectivity index is 2.05. The molecule has 3 aromatic rings. The molecule has 7 nitrogen and oxygen atoms in total. The van der Waals surface area contributed by atoms with Crippen molar-refractivity contribution in [2.24, 2.45) is 0 Å². The molecule has 0 aliphatic heterocycles. The Morgan fingerprint density at radius 3 is 2.21 bits per heavy atom. The number of unbranched alkanes of at least 4 members (excludes halogenated alkanes) is 1. The molecule has 0 bridgehead atoms. The van der Waals surface area contributed by atoms with Crippen molar-refractivity contribution < 1.29 is 18.0 Å². The Morgan fingerprint density at radius 2 is 1.59 bits per heavy atom. The van der Waals surface area contributed by atoms with Crippen LogP contribution in [0.1, 0.15) is 44.2 Å². The molecule has 1 atom stereocenters. The lowest BCUT2D eigenvalue weighted by molar-refractivity contribution is -0.140. The molecule has 3 aromatic carbocycles. The zero-order valence-electron chi connectivity index (χ0n) is 22.6. The first kappa shape index (κ1) is 30.2.